The van der Waals surface area contributed by atoms with E-state index in [9.17, 15) is 4.79 Å². The molecule has 2 N–H and O–H groups in total. The van der Waals surface area contributed by atoms with Gasteiger partial charge < -0.3 is 10.6 Å². The maximum Gasteiger partial charge on any atom is 0.238 e. The summed E-state index contributed by atoms with van der Waals surface area (Å²) in [6.07, 6.45) is 8.16. The number of nitrogens with one attached hydrogen (secondary N) is 2. The molecule has 3 nitrogen and oxygen atoms in total. The highest BCUT2D eigenvalue weighted by molar-refractivity contribution is 5.94. The predicted molar refractivity (Wildman–Crippen MR) is 112 cm³/mol. The van der Waals surface area contributed by atoms with Crippen molar-refractivity contribution < 1.29 is 4.79 Å². The van der Waals surface area contributed by atoms with E-state index < -0.39 is 0 Å². The Hall–Kier alpha value is -1.35. The molecule has 5 rings (SSSR count). The third kappa shape index (κ3) is 3.81. The first kappa shape index (κ1) is 19.0. The molecule has 0 aromatic heterocycles. The van der Waals surface area contributed by atoms with E-state index in [2.05, 4.69) is 56.5 Å². The summed E-state index contributed by atoms with van der Waals surface area (Å²) in [6.45, 7) is 9.23. The number of carbonyl (C=O) groups excluding carboxylic acids is 1. The summed E-state index contributed by atoms with van der Waals surface area (Å²) >= 11 is 0. The molecule has 27 heavy (non-hydrogen) atoms. The molecule has 0 heterocycles. The van der Waals surface area contributed by atoms with Crippen molar-refractivity contribution in [3.8, 4) is 0 Å². The van der Waals surface area contributed by atoms with E-state index in [1.165, 1.54) is 49.7 Å². The van der Waals surface area contributed by atoms with E-state index >= 15 is 0 Å². The fraction of sp³-hybridized carbons (Fsp3) is 0.708. The third-order valence-corrected chi connectivity index (χ3v) is 7.30. The standard InChI is InChI=1S/C24H36N2O/c1-15(2)20-6-5-7-21(16(3)4)23(20)26-22(27)14-25-24-11-17-8-18(12-24)10-19(9-17)13-24/h5-7,15-19,25H,8-14H2,1-4H3,(H,26,27). The normalized spacial score (nSPS) is 31.7. The maximum atomic E-state index is 12.9. The molecule has 0 radical (unpaired) electrons. The minimum atomic E-state index is 0.112. The summed E-state index contributed by atoms with van der Waals surface area (Å²) in [6, 6.07) is 6.42. The number of rotatable bonds is 6. The van der Waals surface area contributed by atoms with Gasteiger partial charge in [0, 0.05) is 11.2 Å². The van der Waals surface area contributed by atoms with Crippen molar-refractivity contribution in [1.29, 1.82) is 0 Å². The van der Waals surface area contributed by atoms with E-state index in [-0.39, 0.29) is 11.4 Å². The first-order valence-electron chi connectivity index (χ1n) is 11.0. The Morgan fingerprint density at radius 2 is 1.44 bits per heavy atom. The fourth-order valence-corrected chi connectivity index (χ4v) is 6.47. The number of amides is 1. The van der Waals surface area contributed by atoms with Gasteiger partial charge in [0.2, 0.25) is 5.91 Å². The Kier molecular flexibility index (Phi) is 5.09. The summed E-state index contributed by atoms with van der Waals surface area (Å²) in [7, 11) is 0. The first-order chi connectivity index (χ1) is 12.8. The van der Waals surface area contributed by atoms with E-state index in [1.807, 2.05) is 0 Å². The van der Waals surface area contributed by atoms with Crippen molar-refractivity contribution in [1.82, 2.24) is 5.32 Å². The molecule has 0 aliphatic heterocycles. The lowest BCUT2D eigenvalue weighted by molar-refractivity contribution is -0.116. The van der Waals surface area contributed by atoms with E-state index in [0.717, 1.165) is 23.4 Å². The maximum absolute atomic E-state index is 12.9. The molecule has 0 unspecified atom stereocenters. The summed E-state index contributed by atoms with van der Waals surface area (Å²) in [5.74, 6) is 3.62. The summed E-state index contributed by atoms with van der Waals surface area (Å²) in [5, 5.41) is 7.01. The zero-order valence-electron chi connectivity index (χ0n) is 17.5. The molecule has 4 bridgehead atoms. The number of benzene rings is 1. The highest BCUT2D eigenvalue weighted by Crippen LogP contribution is 2.55. The van der Waals surface area contributed by atoms with Crippen LogP contribution >= 0.6 is 0 Å². The summed E-state index contributed by atoms with van der Waals surface area (Å²) in [5.41, 5.74) is 3.76. The number of para-hydroxylation sites is 1. The molecule has 0 saturated heterocycles. The van der Waals surface area contributed by atoms with Crippen LogP contribution in [-0.4, -0.2) is 18.0 Å². The largest absolute Gasteiger partial charge is 0.324 e. The van der Waals surface area contributed by atoms with Crippen LogP contribution in [0.2, 0.25) is 0 Å². The van der Waals surface area contributed by atoms with Gasteiger partial charge in [-0.25, -0.2) is 0 Å². The fourth-order valence-electron chi connectivity index (χ4n) is 6.47. The molecule has 0 atom stereocenters. The summed E-state index contributed by atoms with van der Waals surface area (Å²) in [4.78, 5) is 12.9. The molecular weight excluding hydrogens is 332 g/mol. The lowest BCUT2D eigenvalue weighted by Crippen LogP contribution is -2.59. The van der Waals surface area contributed by atoms with Crippen molar-refractivity contribution in [2.45, 2.75) is 83.6 Å². The highest BCUT2D eigenvalue weighted by atomic mass is 16.1. The second kappa shape index (κ2) is 7.24. The number of carbonyl (C=O) groups is 1. The average molecular weight is 369 g/mol. The van der Waals surface area contributed by atoms with Crippen LogP contribution in [0.5, 0.6) is 0 Å². The molecule has 4 saturated carbocycles. The van der Waals surface area contributed by atoms with E-state index in [1.54, 1.807) is 0 Å². The van der Waals surface area contributed by atoms with Gasteiger partial charge in [0.1, 0.15) is 0 Å². The van der Waals surface area contributed by atoms with Gasteiger partial charge >= 0.3 is 0 Å². The molecule has 3 heteroatoms. The Morgan fingerprint density at radius 3 is 1.89 bits per heavy atom. The summed E-state index contributed by atoms with van der Waals surface area (Å²) < 4.78 is 0. The smallest absolute Gasteiger partial charge is 0.238 e. The van der Waals surface area contributed by atoms with E-state index in [0.29, 0.717) is 18.4 Å². The van der Waals surface area contributed by atoms with Crippen LogP contribution in [0.1, 0.15) is 89.2 Å². The minimum Gasteiger partial charge on any atom is -0.324 e. The van der Waals surface area contributed by atoms with Crippen LogP contribution in [0.3, 0.4) is 0 Å². The number of hydrogen-bond donors (Lipinski definition) is 2. The molecule has 4 aliphatic carbocycles. The molecule has 148 valence electrons. The lowest BCUT2D eigenvalue weighted by atomic mass is 9.53. The van der Waals surface area contributed by atoms with Gasteiger partial charge in [0.05, 0.1) is 6.54 Å². The Morgan fingerprint density at radius 1 is 0.963 bits per heavy atom. The van der Waals surface area contributed by atoms with E-state index in [4.69, 9.17) is 0 Å². The quantitative estimate of drug-likeness (QED) is 0.703. The molecular formula is C24H36N2O. The Bertz CT molecular complexity index is 645. The number of hydrogen-bond acceptors (Lipinski definition) is 2. The van der Waals surface area contributed by atoms with Gasteiger partial charge in [-0.3, -0.25) is 4.79 Å². The topological polar surface area (TPSA) is 41.1 Å². The van der Waals surface area contributed by atoms with Crippen molar-refractivity contribution in [2.75, 3.05) is 11.9 Å². The monoisotopic (exact) mass is 368 g/mol. The van der Waals surface area contributed by atoms with Crippen LogP contribution in [0, 0.1) is 17.8 Å². The molecule has 4 aliphatic rings. The number of anilines is 1. The van der Waals surface area contributed by atoms with Crippen molar-refractivity contribution in [3.05, 3.63) is 29.3 Å². The van der Waals surface area contributed by atoms with Crippen LogP contribution in [0.15, 0.2) is 18.2 Å². The van der Waals surface area contributed by atoms with Gasteiger partial charge in [-0.15, -0.1) is 0 Å². The Balaban J connectivity index is 1.44. The van der Waals surface area contributed by atoms with Gasteiger partial charge in [0.15, 0.2) is 0 Å². The van der Waals surface area contributed by atoms with Gasteiger partial charge in [-0.1, -0.05) is 45.9 Å². The molecule has 4 fully saturated rings. The van der Waals surface area contributed by atoms with Gasteiger partial charge in [-0.2, -0.15) is 0 Å². The zero-order chi connectivity index (χ0) is 19.2. The van der Waals surface area contributed by atoms with Crippen molar-refractivity contribution in [2.24, 2.45) is 17.8 Å². The third-order valence-electron chi connectivity index (χ3n) is 7.30. The Labute approximate surface area is 164 Å². The minimum absolute atomic E-state index is 0.112. The van der Waals surface area contributed by atoms with Gasteiger partial charge in [-0.05, 0) is 79.2 Å². The second-order valence-corrected chi connectivity index (χ2v) is 10.2. The second-order valence-electron chi connectivity index (χ2n) is 10.2. The predicted octanol–water partition coefficient (Wildman–Crippen LogP) is 5.43. The van der Waals surface area contributed by atoms with Gasteiger partial charge in [0.25, 0.3) is 0 Å². The molecule has 1 amide bonds. The average Bonchev–Trinajstić information content (AvgIpc) is 2.58. The van der Waals surface area contributed by atoms with Crippen molar-refractivity contribution in [3.63, 3.8) is 0 Å². The van der Waals surface area contributed by atoms with Crippen LogP contribution in [0.4, 0.5) is 5.69 Å². The lowest BCUT2D eigenvalue weighted by Gasteiger charge is -2.57. The molecule has 1 aromatic rings. The first-order valence-corrected chi connectivity index (χ1v) is 11.0. The molecule has 0 spiro atoms. The van der Waals surface area contributed by atoms with Crippen molar-refractivity contribution >= 4 is 11.6 Å². The van der Waals surface area contributed by atoms with Crippen LogP contribution in [-0.2, 0) is 4.79 Å². The van der Waals surface area contributed by atoms with Crippen LogP contribution in [0.25, 0.3) is 0 Å². The highest BCUT2D eigenvalue weighted by Gasteiger charge is 2.50. The molecule has 1 aromatic carbocycles. The SMILES string of the molecule is CC(C)c1cccc(C(C)C)c1NC(=O)CNC12CC3CC(CC(C3)C1)C2. The zero-order valence-corrected chi connectivity index (χ0v) is 17.5. The van der Waals surface area contributed by atoms with Crippen LogP contribution < -0.4 is 10.6 Å².